The van der Waals surface area contributed by atoms with Crippen LogP contribution >= 0.6 is 0 Å². The van der Waals surface area contributed by atoms with Crippen LogP contribution in [0, 0.1) is 6.92 Å². The second-order valence-electron chi connectivity index (χ2n) is 3.97. The number of benzene rings is 1. The van der Waals surface area contributed by atoms with Crippen molar-refractivity contribution in [3.8, 4) is 5.75 Å². The topological polar surface area (TPSA) is 41.2 Å². The van der Waals surface area contributed by atoms with Gasteiger partial charge in [0.05, 0.1) is 0 Å². The van der Waals surface area contributed by atoms with Crippen molar-refractivity contribution in [2.75, 3.05) is 0 Å². The van der Waals surface area contributed by atoms with E-state index in [-0.39, 0.29) is 11.5 Å². The van der Waals surface area contributed by atoms with Gasteiger partial charge in [-0.3, -0.25) is 4.79 Å². The molecule has 0 bridgehead atoms. The molecule has 0 fully saturated rings. The first-order chi connectivity index (χ1) is 8.16. The Balaban J connectivity index is 2.18. The van der Waals surface area contributed by atoms with Gasteiger partial charge in [0.1, 0.15) is 5.75 Å². The van der Waals surface area contributed by atoms with E-state index in [1.807, 2.05) is 35.2 Å². The summed E-state index contributed by atoms with van der Waals surface area (Å²) in [5, 5.41) is 9.40. The van der Waals surface area contributed by atoms with Gasteiger partial charge in [-0.2, -0.15) is 4.57 Å². The van der Waals surface area contributed by atoms with E-state index < -0.39 is 0 Å². The molecule has 3 nitrogen and oxygen atoms in total. The van der Waals surface area contributed by atoms with E-state index in [1.165, 1.54) is 0 Å². The van der Waals surface area contributed by atoms with Gasteiger partial charge in [0.25, 0.3) is 0 Å². The number of ketones is 1. The largest absolute Gasteiger partial charge is 0.508 e. The maximum Gasteiger partial charge on any atom is 0.227 e. The van der Waals surface area contributed by atoms with Crippen molar-refractivity contribution in [2.24, 2.45) is 0 Å². The monoisotopic (exact) mass is 228 g/mol. The van der Waals surface area contributed by atoms with Gasteiger partial charge in [-0.25, -0.2) is 0 Å². The Morgan fingerprint density at radius 2 is 1.94 bits per heavy atom. The first kappa shape index (κ1) is 11.3. The summed E-state index contributed by atoms with van der Waals surface area (Å²) < 4.78 is 1.82. The minimum atomic E-state index is 0.0318. The number of phenols is 1. The fourth-order valence-electron chi connectivity index (χ4n) is 1.63. The number of aryl methyl sites for hydroxylation is 1. The zero-order valence-corrected chi connectivity index (χ0v) is 9.63. The molecule has 0 unspecified atom stereocenters. The van der Waals surface area contributed by atoms with Crippen LogP contribution < -0.4 is 4.57 Å². The van der Waals surface area contributed by atoms with Gasteiger partial charge in [-0.15, -0.1) is 0 Å². The molecule has 1 heterocycles. The average molecular weight is 228 g/mol. The Kier molecular flexibility index (Phi) is 3.19. The van der Waals surface area contributed by atoms with Crippen LogP contribution in [0.3, 0.4) is 0 Å². The van der Waals surface area contributed by atoms with E-state index in [9.17, 15) is 9.90 Å². The van der Waals surface area contributed by atoms with Gasteiger partial charge in [-0.05, 0) is 30.7 Å². The molecule has 1 N–H and O–H groups in total. The minimum absolute atomic E-state index is 0.0318. The van der Waals surface area contributed by atoms with Crippen LogP contribution in [0.5, 0.6) is 5.75 Å². The van der Waals surface area contributed by atoms with Crippen molar-refractivity contribution in [3.63, 3.8) is 0 Å². The summed E-state index contributed by atoms with van der Waals surface area (Å²) in [4.78, 5) is 12.0. The van der Waals surface area contributed by atoms with Gasteiger partial charge >= 0.3 is 0 Å². The fourth-order valence-corrected chi connectivity index (χ4v) is 1.63. The van der Waals surface area contributed by atoms with Gasteiger partial charge in [0.2, 0.25) is 12.3 Å². The van der Waals surface area contributed by atoms with Crippen LogP contribution in [-0.4, -0.2) is 10.9 Å². The Bertz CT molecular complexity index is 535. The van der Waals surface area contributed by atoms with Gasteiger partial charge in [0, 0.05) is 17.7 Å². The molecule has 2 rings (SSSR count). The quantitative estimate of drug-likeness (QED) is 0.643. The highest BCUT2D eigenvalue weighted by molar-refractivity contribution is 5.95. The molecule has 2 aromatic rings. The predicted octanol–water partition coefficient (Wildman–Crippen LogP) is 1.87. The van der Waals surface area contributed by atoms with Crippen LogP contribution in [0.1, 0.15) is 15.9 Å². The number of rotatable bonds is 3. The summed E-state index contributed by atoms with van der Waals surface area (Å²) in [5.41, 5.74) is 1.34. The third-order valence-electron chi connectivity index (χ3n) is 2.62. The van der Waals surface area contributed by atoms with E-state index in [1.54, 1.807) is 25.1 Å². The van der Waals surface area contributed by atoms with Crippen molar-refractivity contribution in [1.82, 2.24) is 0 Å². The zero-order valence-electron chi connectivity index (χ0n) is 9.63. The van der Waals surface area contributed by atoms with Crippen LogP contribution in [0.25, 0.3) is 0 Å². The van der Waals surface area contributed by atoms with E-state index in [0.29, 0.717) is 17.7 Å². The summed E-state index contributed by atoms with van der Waals surface area (Å²) in [5.74, 6) is 0.248. The number of pyridine rings is 1. The number of nitrogens with zero attached hydrogens (tertiary/aromatic N) is 1. The molecule has 86 valence electrons. The van der Waals surface area contributed by atoms with Crippen molar-refractivity contribution in [1.29, 1.82) is 0 Å². The lowest BCUT2D eigenvalue weighted by Crippen LogP contribution is -2.36. The summed E-state index contributed by atoms with van der Waals surface area (Å²) >= 11 is 0. The number of carbonyl (C=O) groups excluding carboxylic acids is 1. The maximum absolute atomic E-state index is 12.0. The zero-order chi connectivity index (χ0) is 12.3. The molecule has 0 atom stereocenters. The first-order valence-corrected chi connectivity index (χ1v) is 5.44. The summed E-state index contributed by atoms with van der Waals surface area (Å²) in [6, 6.07) is 10.6. The lowest BCUT2D eigenvalue weighted by molar-refractivity contribution is -0.683. The van der Waals surface area contributed by atoms with Gasteiger partial charge in [0.15, 0.2) is 12.4 Å². The normalized spacial score (nSPS) is 10.2. The number of phenolic OH excluding ortho intramolecular Hbond substituents is 1. The summed E-state index contributed by atoms with van der Waals surface area (Å²) in [6.07, 6.45) is 3.70. The third kappa shape index (κ3) is 2.69. The number of hydrogen-bond acceptors (Lipinski definition) is 2. The van der Waals surface area contributed by atoms with Crippen LogP contribution in [-0.2, 0) is 6.54 Å². The van der Waals surface area contributed by atoms with E-state index in [2.05, 4.69) is 0 Å². The van der Waals surface area contributed by atoms with Gasteiger partial charge < -0.3 is 5.11 Å². The highest BCUT2D eigenvalue weighted by atomic mass is 16.3. The average Bonchev–Trinajstić information content (AvgIpc) is 2.34. The Morgan fingerprint density at radius 1 is 1.24 bits per heavy atom. The number of Topliss-reactive ketones (excluding diaryl/α,β-unsaturated/α-hetero) is 1. The molecule has 0 radical (unpaired) electrons. The maximum atomic E-state index is 12.0. The number of carbonyl (C=O) groups is 1. The Labute approximate surface area is 100.0 Å². The molecule has 0 aliphatic rings. The lowest BCUT2D eigenvalue weighted by Gasteiger charge is -2.01. The second kappa shape index (κ2) is 4.78. The Hall–Kier alpha value is -2.16. The van der Waals surface area contributed by atoms with Crippen LogP contribution in [0.2, 0.25) is 0 Å². The number of aromatic hydroxyl groups is 1. The number of hydrogen-bond donors (Lipinski definition) is 1. The molecular weight excluding hydrogens is 214 g/mol. The fraction of sp³-hybridized carbons (Fsp3) is 0.143. The Morgan fingerprint density at radius 3 is 2.59 bits per heavy atom. The SMILES string of the molecule is Cc1cc(C(=O)C[n+]2ccccc2)ccc1O. The summed E-state index contributed by atoms with van der Waals surface area (Å²) in [6.45, 7) is 2.09. The third-order valence-corrected chi connectivity index (χ3v) is 2.62. The van der Waals surface area contributed by atoms with Crippen molar-refractivity contribution in [3.05, 3.63) is 59.9 Å². The van der Waals surface area contributed by atoms with E-state index in [0.717, 1.165) is 0 Å². The second-order valence-corrected chi connectivity index (χ2v) is 3.97. The van der Waals surface area contributed by atoms with Crippen molar-refractivity contribution in [2.45, 2.75) is 13.5 Å². The molecule has 17 heavy (non-hydrogen) atoms. The molecule has 0 aliphatic heterocycles. The first-order valence-electron chi connectivity index (χ1n) is 5.44. The smallest absolute Gasteiger partial charge is 0.227 e. The molecular formula is C14H14NO2+. The highest BCUT2D eigenvalue weighted by Crippen LogP contribution is 2.17. The highest BCUT2D eigenvalue weighted by Gasteiger charge is 2.12. The predicted molar refractivity (Wildman–Crippen MR) is 63.8 cm³/mol. The number of aromatic nitrogens is 1. The molecule has 0 spiro atoms. The molecule has 1 aromatic carbocycles. The van der Waals surface area contributed by atoms with Crippen LogP contribution in [0.4, 0.5) is 0 Å². The molecule has 1 aromatic heterocycles. The van der Waals surface area contributed by atoms with Gasteiger partial charge in [-0.1, -0.05) is 6.07 Å². The van der Waals surface area contributed by atoms with Crippen molar-refractivity contribution >= 4 is 5.78 Å². The molecule has 0 saturated heterocycles. The molecule has 0 saturated carbocycles. The molecule has 0 aliphatic carbocycles. The van der Waals surface area contributed by atoms with Crippen LogP contribution in [0.15, 0.2) is 48.8 Å². The molecule has 0 amide bonds. The molecule has 3 heteroatoms. The van der Waals surface area contributed by atoms with Crippen molar-refractivity contribution < 1.29 is 14.5 Å². The van der Waals surface area contributed by atoms with E-state index in [4.69, 9.17) is 0 Å². The standard InChI is InChI=1S/C14H13NO2/c1-11-9-12(5-6-13(11)16)14(17)10-15-7-3-2-4-8-15/h2-9H,10H2,1H3/p+1. The van der Waals surface area contributed by atoms with E-state index >= 15 is 0 Å². The summed E-state index contributed by atoms with van der Waals surface area (Å²) in [7, 11) is 0. The minimum Gasteiger partial charge on any atom is -0.508 e. The lowest BCUT2D eigenvalue weighted by atomic mass is 10.1.